The zero-order valence-corrected chi connectivity index (χ0v) is 19.3. The van der Waals surface area contributed by atoms with E-state index in [9.17, 15) is 18.0 Å². The molecule has 0 unspecified atom stereocenters. The number of anilines is 3. The summed E-state index contributed by atoms with van der Waals surface area (Å²) >= 11 is 0. The summed E-state index contributed by atoms with van der Waals surface area (Å²) in [5.74, 6) is -0.0473. The fourth-order valence-corrected chi connectivity index (χ4v) is 5.08. The summed E-state index contributed by atoms with van der Waals surface area (Å²) in [5, 5.41) is 2.96. The lowest BCUT2D eigenvalue weighted by atomic mass is 9.82. The minimum atomic E-state index is -4.43. The molecule has 0 spiro atoms. The molecular weight excluding hydrogens is 455 g/mol. The number of hydrogen-bond donors (Lipinski definition) is 1. The van der Waals surface area contributed by atoms with Crippen LogP contribution in [0.3, 0.4) is 0 Å². The topological polar surface area (TPSA) is 44.8 Å². The van der Waals surface area contributed by atoms with Gasteiger partial charge in [-0.2, -0.15) is 13.2 Å². The van der Waals surface area contributed by atoms with Gasteiger partial charge in [0.05, 0.1) is 24.6 Å². The van der Waals surface area contributed by atoms with E-state index in [1.807, 2.05) is 30.3 Å². The number of para-hydroxylation sites is 1. The molecule has 2 aliphatic heterocycles. The maximum Gasteiger partial charge on any atom is 0.416 e. The monoisotopic (exact) mass is 481 g/mol. The third-order valence-corrected chi connectivity index (χ3v) is 6.85. The summed E-state index contributed by atoms with van der Waals surface area (Å²) in [6.45, 7) is 1.93. The van der Waals surface area contributed by atoms with Crippen molar-refractivity contribution < 1.29 is 22.7 Å². The van der Waals surface area contributed by atoms with E-state index in [4.69, 9.17) is 4.74 Å². The van der Waals surface area contributed by atoms with Gasteiger partial charge in [0.25, 0.3) is 0 Å². The highest BCUT2D eigenvalue weighted by Crippen LogP contribution is 2.40. The Bertz CT molecular complexity index is 1200. The van der Waals surface area contributed by atoms with Crippen molar-refractivity contribution in [2.24, 2.45) is 5.92 Å². The summed E-state index contributed by atoms with van der Waals surface area (Å²) in [5.41, 5.74) is 2.34. The molecule has 0 saturated carbocycles. The van der Waals surface area contributed by atoms with Crippen LogP contribution in [0.25, 0.3) is 0 Å². The number of nitrogens with zero attached hydrogens (tertiary/aromatic N) is 2. The number of fused-ring (bicyclic) bond motifs is 3. The quantitative estimate of drug-likeness (QED) is 0.555. The van der Waals surface area contributed by atoms with E-state index in [0.29, 0.717) is 36.6 Å². The van der Waals surface area contributed by atoms with E-state index < -0.39 is 17.7 Å². The summed E-state index contributed by atoms with van der Waals surface area (Å²) < 4.78 is 45.5. The number of alkyl halides is 3. The zero-order valence-electron chi connectivity index (χ0n) is 19.3. The van der Waals surface area contributed by atoms with E-state index in [1.165, 1.54) is 6.07 Å². The molecule has 182 valence electrons. The number of nitrogens with one attached hydrogen (secondary N) is 1. The maximum absolute atomic E-state index is 13.5. The summed E-state index contributed by atoms with van der Waals surface area (Å²) in [6, 6.07) is 20.7. The van der Waals surface area contributed by atoms with Gasteiger partial charge in [-0.25, -0.2) is 0 Å². The predicted octanol–water partition coefficient (Wildman–Crippen LogP) is 5.22. The molecule has 3 aromatic carbocycles. The highest BCUT2D eigenvalue weighted by atomic mass is 19.4. The third kappa shape index (κ3) is 4.65. The number of halogens is 3. The lowest BCUT2D eigenvalue weighted by Gasteiger charge is -2.49. The smallest absolute Gasteiger partial charge is 0.416 e. The van der Waals surface area contributed by atoms with Crippen LogP contribution < -0.4 is 19.9 Å². The molecule has 1 amide bonds. The van der Waals surface area contributed by atoms with Crippen molar-refractivity contribution in [3.8, 4) is 5.75 Å². The molecular formula is C27H26F3N3O2. The molecule has 2 aliphatic rings. The SMILES string of the molecule is COc1ccc(NC(=O)[C@H]2Cc3cc(C(F)(F)F)ccc3N3CCN(c4ccccc4)C[C@H]23)cc1. The molecule has 0 aliphatic carbocycles. The van der Waals surface area contributed by atoms with Gasteiger partial charge in [-0.3, -0.25) is 4.79 Å². The predicted molar refractivity (Wildman–Crippen MR) is 130 cm³/mol. The Morgan fingerprint density at radius 3 is 2.43 bits per heavy atom. The second kappa shape index (κ2) is 9.17. The number of piperazine rings is 1. The van der Waals surface area contributed by atoms with Gasteiger partial charge < -0.3 is 19.9 Å². The number of methoxy groups -OCH3 is 1. The van der Waals surface area contributed by atoms with Gasteiger partial charge in [0, 0.05) is 36.7 Å². The largest absolute Gasteiger partial charge is 0.497 e. The zero-order chi connectivity index (χ0) is 24.6. The van der Waals surface area contributed by atoms with Crippen molar-refractivity contribution in [2.75, 3.05) is 41.9 Å². The van der Waals surface area contributed by atoms with Crippen LogP contribution in [0.4, 0.5) is 30.2 Å². The van der Waals surface area contributed by atoms with E-state index in [1.54, 1.807) is 37.4 Å². The van der Waals surface area contributed by atoms with Crippen LogP contribution in [0.1, 0.15) is 11.1 Å². The fraction of sp³-hybridized carbons (Fsp3) is 0.296. The van der Waals surface area contributed by atoms with Crippen LogP contribution in [-0.2, 0) is 17.4 Å². The standard InChI is InChI=1S/C27H26F3N3O2/c1-35-22-10-8-20(9-11-22)31-26(34)23-16-18-15-19(27(28,29)30)7-12-24(18)33-14-13-32(17-25(23)33)21-5-3-2-4-6-21/h2-12,15,23,25H,13-14,16-17H2,1H3,(H,31,34)/t23-,25+/m0/s1. The number of ether oxygens (including phenoxy) is 1. The van der Waals surface area contributed by atoms with Crippen LogP contribution >= 0.6 is 0 Å². The van der Waals surface area contributed by atoms with Crippen molar-refractivity contribution >= 4 is 23.0 Å². The van der Waals surface area contributed by atoms with Gasteiger partial charge in [-0.1, -0.05) is 18.2 Å². The van der Waals surface area contributed by atoms with Crippen LogP contribution in [0.15, 0.2) is 72.8 Å². The first-order valence-corrected chi connectivity index (χ1v) is 11.5. The van der Waals surface area contributed by atoms with Crippen LogP contribution in [0, 0.1) is 5.92 Å². The Morgan fingerprint density at radius 2 is 1.74 bits per heavy atom. The minimum Gasteiger partial charge on any atom is -0.497 e. The Morgan fingerprint density at radius 1 is 1.00 bits per heavy atom. The number of hydrogen-bond acceptors (Lipinski definition) is 4. The molecule has 1 N–H and O–H groups in total. The van der Waals surface area contributed by atoms with Crippen molar-refractivity contribution in [3.05, 3.63) is 83.9 Å². The summed E-state index contributed by atoms with van der Waals surface area (Å²) in [6.07, 6.45) is -4.19. The highest BCUT2D eigenvalue weighted by molar-refractivity contribution is 5.94. The van der Waals surface area contributed by atoms with Crippen molar-refractivity contribution in [2.45, 2.75) is 18.6 Å². The third-order valence-electron chi connectivity index (χ3n) is 6.85. The number of benzene rings is 3. The first-order chi connectivity index (χ1) is 16.8. The Kier molecular flexibility index (Phi) is 6.05. The average molecular weight is 482 g/mol. The van der Waals surface area contributed by atoms with Gasteiger partial charge in [0.15, 0.2) is 0 Å². The maximum atomic E-state index is 13.5. The molecule has 0 radical (unpaired) electrons. The van der Waals surface area contributed by atoms with Crippen LogP contribution in [-0.4, -0.2) is 38.7 Å². The van der Waals surface area contributed by atoms with Gasteiger partial charge in [-0.05, 0) is 66.6 Å². The number of rotatable bonds is 4. The highest BCUT2D eigenvalue weighted by Gasteiger charge is 2.42. The second-order valence-corrected chi connectivity index (χ2v) is 8.91. The van der Waals surface area contributed by atoms with E-state index in [0.717, 1.165) is 17.4 Å². The molecule has 0 bridgehead atoms. The van der Waals surface area contributed by atoms with Gasteiger partial charge >= 0.3 is 6.18 Å². The van der Waals surface area contributed by atoms with Gasteiger partial charge in [-0.15, -0.1) is 0 Å². The lowest BCUT2D eigenvalue weighted by molar-refractivity contribution is -0.137. The summed E-state index contributed by atoms with van der Waals surface area (Å²) in [7, 11) is 1.57. The van der Waals surface area contributed by atoms with E-state index in [-0.39, 0.29) is 18.4 Å². The molecule has 3 aromatic rings. The molecule has 0 aromatic heterocycles. The van der Waals surface area contributed by atoms with E-state index >= 15 is 0 Å². The first kappa shape index (κ1) is 23.1. The first-order valence-electron chi connectivity index (χ1n) is 11.5. The molecule has 35 heavy (non-hydrogen) atoms. The molecule has 1 saturated heterocycles. The Balaban J connectivity index is 1.47. The Labute approximate surface area is 202 Å². The van der Waals surface area contributed by atoms with Crippen molar-refractivity contribution in [1.82, 2.24) is 0 Å². The number of carbonyl (C=O) groups is 1. The Hall–Kier alpha value is -3.68. The van der Waals surface area contributed by atoms with Crippen molar-refractivity contribution in [1.29, 1.82) is 0 Å². The number of amides is 1. The summed E-state index contributed by atoms with van der Waals surface area (Å²) in [4.78, 5) is 17.8. The molecule has 2 atom stereocenters. The lowest BCUT2D eigenvalue weighted by Crippen LogP contribution is -2.60. The normalized spacial score (nSPS) is 19.5. The van der Waals surface area contributed by atoms with Crippen LogP contribution in [0.2, 0.25) is 0 Å². The fourth-order valence-electron chi connectivity index (χ4n) is 5.08. The minimum absolute atomic E-state index is 0.175. The van der Waals surface area contributed by atoms with E-state index in [2.05, 4.69) is 15.1 Å². The van der Waals surface area contributed by atoms with Crippen molar-refractivity contribution in [3.63, 3.8) is 0 Å². The van der Waals surface area contributed by atoms with Gasteiger partial charge in [0.1, 0.15) is 5.75 Å². The molecule has 1 fully saturated rings. The number of carbonyl (C=O) groups excluding carboxylic acids is 1. The van der Waals surface area contributed by atoms with Gasteiger partial charge in [0.2, 0.25) is 5.91 Å². The molecule has 5 rings (SSSR count). The molecule has 8 heteroatoms. The molecule has 5 nitrogen and oxygen atoms in total. The average Bonchev–Trinajstić information content (AvgIpc) is 2.88. The van der Waals surface area contributed by atoms with Crippen LogP contribution in [0.5, 0.6) is 5.75 Å². The second-order valence-electron chi connectivity index (χ2n) is 8.91. The molecule has 2 heterocycles.